The first kappa shape index (κ1) is 13.1. The van der Waals surface area contributed by atoms with Crippen LogP contribution in [-0.4, -0.2) is 11.1 Å². The highest BCUT2D eigenvalue weighted by atomic mass is 32.1. The zero-order valence-corrected chi connectivity index (χ0v) is 11.8. The number of benzene rings is 1. The predicted octanol–water partition coefficient (Wildman–Crippen LogP) is 3.36. The summed E-state index contributed by atoms with van der Waals surface area (Å²) in [5, 5.41) is 3.00. The van der Waals surface area contributed by atoms with Gasteiger partial charge in [-0.3, -0.25) is 0 Å². The lowest BCUT2D eigenvalue weighted by atomic mass is 10.1. The molecule has 4 heteroatoms. The summed E-state index contributed by atoms with van der Waals surface area (Å²) in [4.78, 5) is 4.48. The molecule has 0 radical (unpaired) electrons. The first-order valence-corrected chi connectivity index (χ1v) is 6.90. The van der Waals surface area contributed by atoms with Crippen LogP contribution in [0.1, 0.15) is 24.4 Å². The molecule has 0 aliphatic heterocycles. The van der Waals surface area contributed by atoms with Gasteiger partial charge in [-0.2, -0.15) is 0 Å². The summed E-state index contributed by atoms with van der Waals surface area (Å²) in [6, 6.07) is 6.15. The molecule has 0 aliphatic carbocycles. The Morgan fingerprint density at radius 1 is 1.39 bits per heavy atom. The summed E-state index contributed by atoms with van der Waals surface area (Å²) < 4.78 is 5.72. The van der Waals surface area contributed by atoms with Crippen LogP contribution in [0.5, 0.6) is 5.75 Å². The summed E-state index contributed by atoms with van der Waals surface area (Å²) in [6.07, 6.45) is 0.192. The van der Waals surface area contributed by atoms with Gasteiger partial charge < -0.3 is 10.5 Å². The molecule has 1 aromatic heterocycles. The second-order valence-electron chi connectivity index (χ2n) is 4.48. The second kappa shape index (κ2) is 5.50. The molecule has 0 spiro atoms. The number of aromatic nitrogens is 1. The van der Waals surface area contributed by atoms with Crippen LogP contribution in [0.3, 0.4) is 0 Å². The molecule has 0 saturated heterocycles. The Morgan fingerprint density at radius 2 is 2.17 bits per heavy atom. The van der Waals surface area contributed by atoms with Gasteiger partial charge in [0.25, 0.3) is 0 Å². The fourth-order valence-corrected chi connectivity index (χ4v) is 2.42. The second-order valence-corrected chi connectivity index (χ2v) is 5.42. The molecule has 1 heterocycles. The van der Waals surface area contributed by atoms with Crippen molar-refractivity contribution < 1.29 is 4.74 Å². The number of hydrogen-bond donors (Lipinski definition) is 1. The normalized spacial score (nSPS) is 10.9. The lowest BCUT2D eigenvalue weighted by Crippen LogP contribution is -2.06. The van der Waals surface area contributed by atoms with E-state index in [-0.39, 0.29) is 6.10 Å². The van der Waals surface area contributed by atoms with Crippen molar-refractivity contribution in [3.8, 4) is 17.0 Å². The number of aryl methyl sites for hydroxylation is 1. The fourth-order valence-electron chi connectivity index (χ4n) is 1.73. The molecule has 0 unspecified atom stereocenters. The van der Waals surface area contributed by atoms with E-state index in [1.165, 1.54) is 0 Å². The van der Waals surface area contributed by atoms with E-state index in [2.05, 4.69) is 18.0 Å². The molecule has 0 saturated carbocycles. The molecular weight excluding hydrogens is 244 g/mol. The molecule has 2 rings (SSSR count). The van der Waals surface area contributed by atoms with Crippen LogP contribution < -0.4 is 10.5 Å². The van der Waals surface area contributed by atoms with Crippen molar-refractivity contribution in [2.45, 2.75) is 33.4 Å². The van der Waals surface area contributed by atoms with Crippen molar-refractivity contribution in [3.05, 3.63) is 34.2 Å². The van der Waals surface area contributed by atoms with Gasteiger partial charge in [-0.05, 0) is 44.5 Å². The topological polar surface area (TPSA) is 48.1 Å². The van der Waals surface area contributed by atoms with Crippen LogP contribution in [0.4, 0.5) is 0 Å². The van der Waals surface area contributed by atoms with Gasteiger partial charge in [0.1, 0.15) is 10.8 Å². The van der Waals surface area contributed by atoms with Crippen LogP contribution in [0.25, 0.3) is 11.3 Å². The maximum absolute atomic E-state index is 5.72. The van der Waals surface area contributed by atoms with E-state index in [9.17, 15) is 0 Å². The Balaban J connectivity index is 2.28. The van der Waals surface area contributed by atoms with Crippen molar-refractivity contribution in [1.82, 2.24) is 4.98 Å². The molecule has 1 aromatic carbocycles. The Morgan fingerprint density at radius 3 is 2.72 bits per heavy atom. The van der Waals surface area contributed by atoms with Crippen LogP contribution in [-0.2, 0) is 6.54 Å². The summed E-state index contributed by atoms with van der Waals surface area (Å²) in [5.74, 6) is 0.933. The third kappa shape index (κ3) is 2.89. The van der Waals surface area contributed by atoms with Crippen molar-refractivity contribution in [1.29, 1.82) is 0 Å². The SMILES string of the molecule is Cc1cc(-c2csc(CN)n2)ccc1OC(C)C. The first-order valence-electron chi connectivity index (χ1n) is 6.02. The van der Waals surface area contributed by atoms with E-state index in [1.54, 1.807) is 11.3 Å². The zero-order valence-electron chi connectivity index (χ0n) is 10.9. The van der Waals surface area contributed by atoms with Crippen LogP contribution >= 0.6 is 11.3 Å². The molecule has 2 N–H and O–H groups in total. The molecular formula is C14H18N2OS. The van der Waals surface area contributed by atoms with Gasteiger partial charge in [0, 0.05) is 17.5 Å². The molecule has 96 valence electrons. The van der Waals surface area contributed by atoms with Crippen LogP contribution in [0, 0.1) is 6.92 Å². The first-order chi connectivity index (χ1) is 8.60. The van der Waals surface area contributed by atoms with Gasteiger partial charge >= 0.3 is 0 Å². The van der Waals surface area contributed by atoms with E-state index >= 15 is 0 Å². The minimum Gasteiger partial charge on any atom is -0.491 e. The third-order valence-corrected chi connectivity index (χ3v) is 3.43. The number of ether oxygens (including phenoxy) is 1. The molecule has 18 heavy (non-hydrogen) atoms. The molecule has 0 bridgehead atoms. The molecule has 0 aliphatic rings. The summed E-state index contributed by atoms with van der Waals surface area (Å²) >= 11 is 1.60. The Kier molecular flexibility index (Phi) is 3.99. The fraction of sp³-hybridized carbons (Fsp3) is 0.357. The van der Waals surface area contributed by atoms with Gasteiger partial charge in [0.15, 0.2) is 0 Å². The number of nitrogens with two attached hydrogens (primary N) is 1. The smallest absolute Gasteiger partial charge is 0.122 e. The van der Waals surface area contributed by atoms with Gasteiger partial charge in [-0.25, -0.2) is 4.98 Å². The van der Waals surface area contributed by atoms with E-state index in [1.807, 2.05) is 31.4 Å². The lowest BCUT2D eigenvalue weighted by molar-refractivity contribution is 0.241. The van der Waals surface area contributed by atoms with E-state index in [0.29, 0.717) is 6.54 Å². The van der Waals surface area contributed by atoms with Gasteiger partial charge in [0.05, 0.1) is 11.8 Å². The standard InChI is InChI=1S/C14H18N2OS/c1-9(2)17-13-5-4-11(6-10(13)3)12-8-18-14(7-15)16-12/h4-6,8-9H,7,15H2,1-3H3. The predicted molar refractivity (Wildman–Crippen MR) is 75.9 cm³/mol. The largest absolute Gasteiger partial charge is 0.491 e. The van der Waals surface area contributed by atoms with Crippen molar-refractivity contribution >= 4 is 11.3 Å². The van der Waals surface area contributed by atoms with Crippen molar-refractivity contribution in [3.63, 3.8) is 0 Å². The monoisotopic (exact) mass is 262 g/mol. The van der Waals surface area contributed by atoms with E-state index < -0.39 is 0 Å². The minimum absolute atomic E-state index is 0.192. The van der Waals surface area contributed by atoms with E-state index in [4.69, 9.17) is 10.5 Å². The number of nitrogens with zero attached hydrogens (tertiary/aromatic N) is 1. The van der Waals surface area contributed by atoms with Crippen molar-refractivity contribution in [2.24, 2.45) is 5.73 Å². The zero-order chi connectivity index (χ0) is 13.1. The van der Waals surface area contributed by atoms with Gasteiger partial charge in [0.2, 0.25) is 0 Å². The molecule has 0 amide bonds. The van der Waals surface area contributed by atoms with Gasteiger partial charge in [-0.15, -0.1) is 11.3 Å². The van der Waals surface area contributed by atoms with Gasteiger partial charge in [-0.1, -0.05) is 0 Å². The number of rotatable bonds is 4. The van der Waals surface area contributed by atoms with Crippen molar-refractivity contribution in [2.75, 3.05) is 0 Å². The quantitative estimate of drug-likeness (QED) is 0.919. The number of thiazole rings is 1. The number of hydrogen-bond acceptors (Lipinski definition) is 4. The summed E-state index contributed by atoms with van der Waals surface area (Å²) in [5.41, 5.74) is 8.80. The molecule has 0 fully saturated rings. The van der Waals surface area contributed by atoms with Crippen LogP contribution in [0.2, 0.25) is 0 Å². The third-order valence-electron chi connectivity index (χ3n) is 2.56. The summed E-state index contributed by atoms with van der Waals surface area (Å²) in [6.45, 7) is 6.61. The molecule has 0 atom stereocenters. The molecule has 2 aromatic rings. The van der Waals surface area contributed by atoms with E-state index in [0.717, 1.165) is 27.6 Å². The Labute approximate surface area is 112 Å². The highest BCUT2D eigenvalue weighted by Crippen LogP contribution is 2.27. The Bertz CT molecular complexity index is 534. The molecule has 3 nitrogen and oxygen atoms in total. The maximum atomic E-state index is 5.72. The highest BCUT2D eigenvalue weighted by Gasteiger charge is 2.07. The highest BCUT2D eigenvalue weighted by molar-refractivity contribution is 7.09. The average molecular weight is 262 g/mol. The lowest BCUT2D eigenvalue weighted by Gasteiger charge is -2.12. The average Bonchev–Trinajstić information content (AvgIpc) is 2.80. The Hall–Kier alpha value is -1.39. The minimum atomic E-state index is 0.192. The summed E-state index contributed by atoms with van der Waals surface area (Å²) in [7, 11) is 0. The van der Waals surface area contributed by atoms with Crippen LogP contribution in [0.15, 0.2) is 23.6 Å². The maximum Gasteiger partial charge on any atom is 0.122 e.